The number of nitrogens with one attached hydrogen (secondary N) is 3. The highest BCUT2D eigenvalue weighted by atomic mass is 19.3. The van der Waals surface area contributed by atoms with Gasteiger partial charge in [0.25, 0.3) is 0 Å². The first-order valence-electron chi connectivity index (χ1n) is 8.38. The molecule has 0 aliphatic carbocycles. The minimum atomic E-state index is -2.99. The number of imide groups is 1. The van der Waals surface area contributed by atoms with E-state index in [1.807, 2.05) is 0 Å². The smallest absolute Gasteiger partial charge is 0.387 e. The zero-order valence-electron chi connectivity index (χ0n) is 15.0. The van der Waals surface area contributed by atoms with E-state index in [1.165, 1.54) is 13.1 Å². The highest BCUT2D eigenvalue weighted by Gasteiger charge is 2.27. The van der Waals surface area contributed by atoms with Crippen LogP contribution in [-0.4, -0.2) is 62.9 Å². The Morgan fingerprint density at radius 3 is 2.71 bits per heavy atom. The number of aliphatic imine (C=N–C) groups is 1. The highest BCUT2D eigenvalue weighted by Crippen LogP contribution is 2.38. The van der Waals surface area contributed by atoms with E-state index in [2.05, 4.69) is 25.7 Å². The Morgan fingerprint density at radius 2 is 2.07 bits per heavy atom. The fraction of sp³-hybridized carbons (Fsp3) is 0.438. The molecular weight excluding hydrogens is 380 g/mol. The Bertz CT molecular complexity index is 773. The second-order valence-electron chi connectivity index (χ2n) is 5.75. The molecule has 12 heteroatoms. The summed E-state index contributed by atoms with van der Waals surface area (Å²) in [6.45, 7) is -2.45. The Balaban J connectivity index is 1.57. The molecule has 0 atom stereocenters. The number of urea groups is 1. The summed E-state index contributed by atoms with van der Waals surface area (Å²) >= 11 is 0. The number of hydrogen-bond acceptors (Lipinski definition) is 6. The van der Waals surface area contributed by atoms with Gasteiger partial charge in [-0.05, 0) is 6.07 Å². The van der Waals surface area contributed by atoms with Gasteiger partial charge in [-0.1, -0.05) is 0 Å². The molecule has 0 radical (unpaired) electrons. The number of ether oxygens (including phenoxy) is 3. The Hall–Kier alpha value is -3.31. The van der Waals surface area contributed by atoms with E-state index in [1.54, 1.807) is 6.07 Å². The number of guanidine groups is 1. The molecule has 3 amide bonds. The van der Waals surface area contributed by atoms with Crippen molar-refractivity contribution in [2.24, 2.45) is 4.99 Å². The van der Waals surface area contributed by atoms with E-state index >= 15 is 0 Å². The van der Waals surface area contributed by atoms with Crippen LogP contribution in [0.5, 0.6) is 17.2 Å². The monoisotopic (exact) mass is 399 g/mol. The minimum Gasteiger partial charge on any atom is -0.454 e. The topological polar surface area (TPSA) is 114 Å². The van der Waals surface area contributed by atoms with Crippen molar-refractivity contribution in [3.05, 3.63) is 17.7 Å². The van der Waals surface area contributed by atoms with E-state index in [0.29, 0.717) is 23.0 Å². The second kappa shape index (κ2) is 8.59. The van der Waals surface area contributed by atoms with Crippen LogP contribution in [0.3, 0.4) is 0 Å². The van der Waals surface area contributed by atoms with Crippen molar-refractivity contribution in [2.45, 2.75) is 13.2 Å². The number of carbonyl (C=O) groups excluding carboxylic acids is 2. The lowest BCUT2D eigenvalue weighted by Gasteiger charge is -2.17. The molecular formula is C16H19F2N5O5. The maximum Gasteiger partial charge on any atom is 0.387 e. The number of nitrogens with zero attached hydrogens (tertiary/aromatic N) is 2. The van der Waals surface area contributed by atoms with Crippen molar-refractivity contribution in [2.75, 3.05) is 33.5 Å². The van der Waals surface area contributed by atoms with Crippen LogP contribution in [0.15, 0.2) is 17.1 Å². The van der Waals surface area contributed by atoms with Crippen LogP contribution in [0, 0.1) is 0 Å². The Kier molecular flexibility index (Phi) is 5.96. The van der Waals surface area contributed by atoms with Crippen molar-refractivity contribution in [3.63, 3.8) is 0 Å². The van der Waals surface area contributed by atoms with Gasteiger partial charge in [0.2, 0.25) is 12.7 Å². The summed E-state index contributed by atoms with van der Waals surface area (Å²) in [6.07, 6.45) is 0. The number of amides is 3. The second-order valence-corrected chi connectivity index (χ2v) is 5.75. The molecule has 1 aromatic carbocycles. The van der Waals surface area contributed by atoms with Crippen molar-refractivity contribution >= 4 is 17.9 Å². The molecule has 28 heavy (non-hydrogen) atoms. The molecule has 1 aromatic rings. The van der Waals surface area contributed by atoms with Crippen LogP contribution in [0.1, 0.15) is 5.56 Å². The van der Waals surface area contributed by atoms with Crippen LogP contribution >= 0.6 is 0 Å². The molecule has 0 aromatic heterocycles. The number of alkyl halides is 2. The largest absolute Gasteiger partial charge is 0.454 e. The van der Waals surface area contributed by atoms with Crippen molar-refractivity contribution in [3.8, 4) is 17.2 Å². The molecule has 3 N–H and O–H groups in total. The maximum atomic E-state index is 12.7. The molecule has 1 fully saturated rings. The van der Waals surface area contributed by atoms with E-state index in [-0.39, 0.29) is 44.6 Å². The first-order valence-corrected chi connectivity index (χ1v) is 8.38. The molecule has 152 valence electrons. The summed E-state index contributed by atoms with van der Waals surface area (Å²) in [7, 11) is 1.53. The predicted molar refractivity (Wildman–Crippen MR) is 92.5 cm³/mol. The fourth-order valence-electron chi connectivity index (χ4n) is 2.68. The Labute approximate surface area is 158 Å². The average molecular weight is 399 g/mol. The highest BCUT2D eigenvalue weighted by molar-refractivity contribution is 6.01. The fourth-order valence-corrected chi connectivity index (χ4v) is 2.68. The number of hydrogen-bond donors (Lipinski definition) is 3. The molecule has 3 rings (SSSR count). The van der Waals surface area contributed by atoms with Crippen LogP contribution in [0.4, 0.5) is 13.6 Å². The van der Waals surface area contributed by atoms with Crippen LogP contribution in [-0.2, 0) is 11.3 Å². The zero-order chi connectivity index (χ0) is 20.1. The van der Waals surface area contributed by atoms with Gasteiger partial charge in [0.05, 0.1) is 6.54 Å². The van der Waals surface area contributed by atoms with Crippen LogP contribution in [0.2, 0.25) is 0 Å². The number of fused-ring (bicyclic) bond motifs is 1. The van der Waals surface area contributed by atoms with E-state index < -0.39 is 12.6 Å². The summed E-state index contributed by atoms with van der Waals surface area (Å²) in [5.74, 6) is 0.772. The number of halogens is 2. The zero-order valence-corrected chi connectivity index (χ0v) is 15.0. The average Bonchev–Trinajstić information content (AvgIpc) is 3.24. The molecule has 2 aliphatic heterocycles. The normalized spacial score (nSPS) is 15.9. The van der Waals surface area contributed by atoms with Gasteiger partial charge in [-0.15, -0.1) is 0 Å². The van der Waals surface area contributed by atoms with Gasteiger partial charge in [-0.25, -0.2) is 4.79 Å². The number of carbonyl (C=O) groups is 2. The van der Waals surface area contributed by atoms with E-state index in [4.69, 9.17) is 9.47 Å². The first-order chi connectivity index (χ1) is 13.5. The lowest BCUT2D eigenvalue weighted by molar-refractivity contribution is -0.124. The SMILES string of the molecule is CN=C(NCCN1C(=O)CNC1=O)NCc1cc2c(cc1OC(F)F)OCO2. The van der Waals surface area contributed by atoms with Gasteiger partial charge >= 0.3 is 12.6 Å². The van der Waals surface area contributed by atoms with Gasteiger partial charge in [0.15, 0.2) is 17.5 Å². The molecule has 2 heterocycles. The molecule has 0 unspecified atom stereocenters. The first kappa shape index (κ1) is 19.5. The van der Waals surface area contributed by atoms with E-state index in [0.717, 1.165) is 4.90 Å². The number of benzene rings is 1. The van der Waals surface area contributed by atoms with Gasteiger partial charge in [0.1, 0.15) is 5.75 Å². The van der Waals surface area contributed by atoms with Crippen molar-refractivity contribution in [1.29, 1.82) is 0 Å². The third-order valence-corrected chi connectivity index (χ3v) is 4.01. The molecule has 0 bridgehead atoms. The van der Waals surface area contributed by atoms with Gasteiger partial charge in [-0.3, -0.25) is 14.7 Å². The molecule has 0 spiro atoms. The summed E-state index contributed by atoms with van der Waals surface area (Å²) in [6, 6.07) is 2.45. The Morgan fingerprint density at radius 1 is 1.32 bits per heavy atom. The van der Waals surface area contributed by atoms with Gasteiger partial charge in [0, 0.05) is 38.3 Å². The van der Waals surface area contributed by atoms with Crippen molar-refractivity contribution in [1.82, 2.24) is 20.9 Å². The summed E-state index contributed by atoms with van der Waals surface area (Å²) in [5, 5.41) is 8.32. The quantitative estimate of drug-likeness (QED) is 0.342. The molecule has 10 nitrogen and oxygen atoms in total. The third-order valence-electron chi connectivity index (χ3n) is 4.01. The standard InChI is InChI=1S/C16H19F2N5O5/c1-19-15(20-2-3-23-13(24)7-22-16(23)25)21-6-9-4-11-12(27-8-26-11)5-10(9)28-14(17)18/h4-5,14H,2-3,6-8H2,1H3,(H,22,25)(H2,19,20,21). The minimum absolute atomic E-state index is 0.00630. The summed E-state index contributed by atoms with van der Waals surface area (Å²) < 4.78 is 40.3. The van der Waals surface area contributed by atoms with Crippen LogP contribution in [0.25, 0.3) is 0 Å². The van der Waals surface area contributed by atoms with Gasteiger partial charge < -0.3 is 30.2 Å². The molecule has 0 saturated carbocycles. The molecule has 2 aliphatic rings. The molecule has 1 saturated heterocycles. The lowest BCUT2D eigenvalue weighted by atomic mass is 10.1. The summed E-state index contributed by atoms with van der Waals surface area (Å²) in [5.41, 5.74) is 0.418. The third kappa shape index (κ3) is 4.50. The maximum absolute atomic E-state index is 12.7. The lowest BCUT2D eigenvalue weighted by Crippen LogP contribution is -2.43. The van der Waals surface area contributed by atoms with E-state index in [9.17, 15) is 18.4 Å². The van der Waals surface area contributed by atoms with Gasteiger partial charge in [-0.2, -0.15) is 8.78 Å². The predicted octanol–water partition coefficient (Wildman–Crippen LogP) is 0.233. The summed E-state index contributed by atoms with van der Waals surface area (Å²) in [4.78, 5) is 28.1. The van der Waals surface area contributed by atoms with Crippen LogP contribution < -0.4 is 30.2 Å². The van der Waals surface area contributed by atoms with Crippen molar-refractivity contribution < 1.29 is 32.6 Å². The number of rotatable bonds is 7.